The molecule has 3 aromatic rings. The van der Waals surface area contributed by atoms with E-state index in [0.29, 0.717) is 81.5 Å². The summed E-state index contributed by atoms with van der Waals surface area (Å²) in [6.07, 6.45) is 13.7. The molecule has 3 aromatic carbocycles. The second kappa shape index (κ2) is 35.9. The lowest BCUT2D eigenvalue weighted by Gasteiger charge is -2.39. The third kappa shape index (κ3) is 18.5. The molecule has 0 spiro atoms. The Labute approximate surface area is 652 Å². The number of nitrogens with zero attached hydrogens (tertiary/aromatic N) is 3. The number of methoxy groups -OCH3 is 1. The number of phenolic OH excluding ortho intramolecular Hbond substituents is 2. The number of carbonyl (C=O) groups is 10. The number of nitrogens with one attached hydrogen (secondary N) is 6. The molecule has 9 atom stereocenters. The van der Waals surface area contributed by atoms with Gasteiger partial charge in [0.1, 0.15) is 66.2 Å². The number of alkyl carbamates (subject to hydrolysis) is 1. The van der Waals surface area contributed by atoms with Crippen LogP contribution in [0.15, 0.2) is 81.7 Å². The number of ether oxygens (including phenoxy) is 5. The molecule has 11 rings (SSSR count). The number of hydrogen-bond donors (Lipinski definition) is 9. The summed E-state index contributed by atoms with van der Waals surface area (Å²) >= 11 is 0. The van der Waals surface area contributed by atoms with Gasteiger partial charge in [-0.15, -0.1) is 0 Å². The minimum absolute atomic E-state index is 0.00947. The zero-order chi connectivity index (χ0) is 81.3. The van der Waals surface area contributed by atoms with Crippen LogP contribution in [-0.2, 0) is 59.1 Å². The number of imide groups is 1. The van der Waals surface area contributed by atoms with Gasteiger partial charge in [-0.1, -0.05) is 91.2 Å². The first-order chi connectivity index (χ1) is 53.2. The van der Waals surface area contributed by atoms with Crippen LogP contribution >= 0.6 is 0 Å². The Morgan fingerprint density at radius 2 is 1.60 bits per heavy atom. The molecule has 112 heavy (non-hydrogen) atoms. The van der Waals surface area contributed by atoms with Crippen LogP contribution in [0.25, 0.3) is 33.3 Å². The number of ketones is 1. The topological polar surface area (TPSA) is 405 Å². The summed E-state index contributed by atoms with van der Waals surface area (Å²) in [5, 5.41) is 39.9. The molecule has 2 saturated heterocycles. The van der Waals surface area contributed by atoms with E-state index in [4.69, 9.17) is 38.8 Å². The Hall–Kier alpha value is -10.5. The Kier molecular flexibility index (Phi) is 26.9. The highest BCUT2D eigenvalue weighted by Crippen LogP contribution is 2.52. The van der Waals surface area contributed by atoms with E-state index in [-0.39, 0.29) is 160 Å². The number of aromatic hydroxyl groups is 2. The molecule has 8 aliphatic rings. The number of likely N-dealkylation sites (tertiary alicyclic amines) is 1. The van der Waals surface area contributed by atoms with Gasteiger partial charge < -0.3 is 80.8 Å². The Morgan fingerprint density at radius 3 is 2.26 bits per heavy atom. The van der Waals surface area contributed by atoms with Crippen LogP contribution in [0, 0.1) is 41.9 Å². The number of phenols is 2. The lowest BCUT2D eigenvalue weighted by Crippen LogP contribution is -2.58. The van der Waals surface area contributed by atoms with Gasteiger partial charge in [0.25, 0.3) is 11.7 Å². The zero-order valence-electron chi connectivity index (χ0n) is 66.1. The van der Waals surface area contributed by atoms with E-state index >= 15 is 9.59 Å². The molecule has 0 radical (unpaired) electrons. The number of esters is 1. The van der Waals surface area contributed by atoms with E-state index in [1.165, 1.54) is 45.1 Å². The van der Waals surface area contributed by atoms with Gasteiger partial charge in [0, 0.05) is 118 Å². The van der Waals surface area contributed by atoms with Gasteiger partial charge >= 0.3 is 23.9 Å². The van der Waals surface area contributed by atoms with Gasteiger partial charge in [-0.25, -0.2) is 14.6 Å². The van der Waals surface area contributed by atoms with E-state index in [1.807, 2.05) is 38.7 Å². The molecule has 30 heteroatoms. The number of anilines is 3. The minimum atomic E-state index is -2.09. The van der Waals surface area contributed by atoms with Crippen LogP contribution in [0.1, 0.15) is 180 Å². The van der Waals surface area contributed by atoms with E-state index in [2.05, 4.69) is 53.6 Å². The predicted octanol–water partition coefficient (Wildman–Crippen LogP) is 9.92. The second-order valence-corrected chi connectivity index (χ2v) is 31.4. The van der Waals surface area contributed by atoms with Crippen molar-refractivity contribution in [1.82, 2.24) is 31.2 Å². The SMILES string of the molecule is BC(CC)(CC)C1CC(=O)N(CCCCCNC(=O)C2(C(=O)N[C@@H](CCCNC(N)=O)C(=O)Nc3ccc(COC(=O)NC4CCN(c5cc(O)c6nc7c8c9c%10c(C)c(O)c8c(=O)c(c-7oc6c5)NC(=O)/C(C)=C\C=C\[C@H](C)C[C@@H](C)C[C@@H](C)[C@H](OC(C)=O)[C@H](C)[C@@H](OC)/C=C/O[C@@](C)(O%10)C9=O)CC4)cc3)CCC2)C1=O. The lowest BCUT2D eigenvalue weighted by atomic mass is 9.57. The number of amides is 9. The van der Waals surface area contributed by atoms with Crippen molar-refractivity contribution in [3.8, 4) is 28.7 Å². The fourth-order valence-corrected chi connectivity index (χ4v) is 16.1. The number of primary amides is 1. The van der Waals surface area contributed by atoms with Crippen LogP contribution < -0.4 is 52.7 Å². The second-order valence-electron chi connectivity index (χ2n) is 31.4. The van der Waals surface area contributed by atoms with Crippen molar-refractivity contribution in [2.75, 3.05) is 55.4 Å². The van der Waals surface area contributed by atoms with Crippen molar-refractivity contribution in [3.63, 3.8) is 0 Å². The molecule has 1 saturated carbocycles. The van der Waals surface area contributed by atoms with E-state index in [9.17, 15) is 53.4 Å². The first-order valence-electron chi connectivity index (χ1n) is 39.1. The highest BCUT2D eigenvalue weighted by Gasteiger charge is 2.53. The molecule has 3 fully saturated rings. The fourth-order valence-electron chi connectivity index (χ4n) is 16.1. The van der Waals surface area contributed by atoms with Crippen LogP contribution in [0.4, 0.5) is 26.7 Å². The number of hydrogen-bond acceptors (Lipinski definition) is 21. The van der Waals surface area contributed by atoms with Crippen molar-refractivity contribution in [3.05, 3.63) is 99.5 Å². The average molecular weight is 1550 g/mol. The maximum atomic E-state index is 15.2. The highest BCUT2D eigenvalue weighted by molar-refractivity contribution is 6.23. The molecule has 6 heterocycles. The number of aromatic nitrogens is 1. The molecule has 10 N–H and O–H groups in total. The third-order valence-corrected chi connectivity index (χ3v) is 23.4. The predicted molar refractivity (Wildman–Crippen MR) is 422 cm³/mol. The minimum Gasteiger partial charge on any atom is -0.507 e. The monoisotopic (exact) mass is 1550 g/mol. The van der Waals surface area contributed by atoms with E-state index in [1.54, 1.807) is 55.5 Å². The molecule has 9 amide bonds. The van der Waals surface area contributed by atoms with E-state index in [0.717, 1.165) is 19.3 Å². The lowest BCUT2D eigenvalue weighted by molar-refractivity contribution is -0.155. The van der Waals surface area contributed by atoms with Crippen molar-refractivity contribution in [2.45, 2.75) is 208 Å². The van der Waals surface area contributed by atoms with Gasteiger partial charge in [0.2, 0.25) is 35.0 Å². The molecule has 6 aliphatic heterocycles. The van der Waals surface area contributed by atoms with Crippen molar-refractivity contribution in [2.24, 2.45) is 40.7 Å². The van der Waals surface area contributed by atoms with Gasteiger partial charge in [-0.2, -0.15) is 0 Å². The molecule has 29 nitrogen and oxygen atoms in total. The molecule has 1 unspecified atom stereocenters. The first-order valence-corrected chi connectivity index (χ1v) is 39.1. The Balaban J connectivity index is 0.785. The number of allylic oxidation sites excluding steroid dienone is 3. The summed E-state index contributed by atoms with van der Waals surface area (Å²) in [4.78, 5) is 158. The van der Waals surface area contributed by atoms with Gasteiger partial charge in [0.05, 0.1) is 23.3 Å². The smallest absolute Gasteiger partial charge is 0.407 e. The summed E-state index contributed by atoms with van der Waals surface area (Å²) in [6.45, 7) is 19.3. The summed E-state index contributed by atoms with van der Waals surface area (Å²) < 4.78 is 36.6. The first kappa shape index (κ1) is 83.9. The number of piperidine rings is 1. The number of carbonyl (C=O) groups excluding carboxylic acids is 10. The summed E-state index contributed by atoms with van der Waals surface area (Å²) in [5.74, 6) is -7.82. The number of urea groups is 1. The van der Waals surface area contributed by atoms with Crippen LogP contribution in [0.3, 0.4) is 0 Å². The Bertz CT molecular complexity index is 4540. The number of unbranched alkanes of at least 4 members (excludes halogenated alkanes) is 2. The summed E-state index contributed by atoms with van der Waals surface area (Å²) in [6, 6.07) is 7.43. The zero-order valence-corrected chi connectivity index (χ0v) is 66.1. The number of fused-ring (bicyclic) bond motifs is 14. The van der Waals surface area contributed by atoms with Crippen LogP contribution in [0.5, 0.6) is 17.2 Å². The summed E-state index contributed by atoms with van der Waals surface area (Å²) in [5.41, 5.74) is 3.75. The maximum absolute atomic E-state index is 15.2. The van der Waals surface area contributed by atoms with Gasteiger partial charge in [0.15, 0.2) is 11.3 Å². The standard InChI is InChI=1S/C82H107BN10O19/c1-12-82(83,13-2)55-42-60(96)93(75(55)102)34-16-14-15-32-85-76(103)81(30-19-31-81)77(104)89-56(22-18-33-86-78(84)105)74(101)87-52-25-23-51(24-26-52)43-108-79(106)88-53-27-35-92(36-28-53)54-40-57(95)64-59(41-54)111-71-65(90-64)61-62-67(97)49(8)70-63(61)72(99)80(10,112-70)109-37-29-58(107-11)48(7)69(110-50(9)94)47(6)39-45(4)38-44(3)20-17-21-46(5)73(100)91-66(71)68(62)98/h17,20-21,23-26,29,37,40-41,44-45,47-48,53,55-56,58,69,95,97H,12-16,18-19,22,27-28,30-36,38-39,42-43,83H2,1-11H3,(H,85,103)(H,87,101)(H,88,106)(H,89,104)(H,91,100)(H3,84,86,105)/b20-17+,37-29+,46-21-/t44-,45+,47+,48+,55?,56-,58-,69-,80-/m0/s1. The van der Waals surface area contributed by atoms with Gasteiger partial charge in [-0.3, -0.25) is 48.1 Å². The van der Waals surface area contributed by atoms with Crippen LogP contribution in [-0.4, -0.2) is 157 Å². The largest absolute Gasteiger partial charge is 0.507 e. The third-order valence-electron chi connectivity index (χ3n) is 23.4. The van der Waals surface area contributed by atoms with Crippen molar-refractivity contribution >= 4 is 106 Å². The fraction of sp³-hybridized carbons (Fsp3) is 0.537. The maximum Gasteiger partial charge on any atom is 0.407 e. The molecule has 0 aromatic heterocycles. The van der Waals surface area contributed by atoms with Crippen LogP contribution in [0.2, 0.25) is 5.31 Å². The average Bonchev–Trinajstić information content (AvgIpc) is 1.45. The number of Topliss-reactive ketones (excluding diaryl/α,β-unsaturated/α-hetero) is 1. The quantitative estimate of drug-likeness (QED) is 0.00527. The molecule has 5 bridgehead atoms. The number of rotatable bonds is 24. The van der Waals surface area contributed by atoms with Gasteiger partial charge in [-0.05, 0) is 131 Å². The molecular weight excluding hydrogens is 1440 g/mol. The molecule has 2 aliphatic carbocycles. The number of nitrogens with two attached hydrogens (primary N) is 1. The van der Waals surface area contributed by atoms with Crippen molar-refractivity contribution in [1.29, 1.82) is 0 Å². The molecular formula is C82H107BN10O19. The molecule has 602 valence electrons. The Morgan fingerprint density at radius 1 is 0.893 bits per heavy atom. The summed E-state index contributed by atoms with van der Waals surface area (Å²) in [7, 11) is 3.56. The van der Waals surface area contributed by atoms with E-state index < -0.39 is 99.7 Å². The number of benzene rings is 4. The highest BCUT2D eigenvalue weighted by atomic mass is 16.7. The normalized spacial score (nSPS) is 23.7. The van der Waals surface area contributed by atoms with Crippen molar-refractivity contribution < 1.29 is 86.3 Å².